The zero-order valence-corrected chi connectivity index (χ0v) is 12.3. The highest BCUT2D eigenvalue weighted by Gasteiger charge is 2.19. The fraction of sp³-hybridized carbons (Fsp3) is 0.250. The molecule has 2 rings (SSSR count). The number of likely N-dealkylation sites (N-methyl/N-ethyl adjacent to an activating group) is 2. The summed E-state index contributed by atoms with van der Waals surface area (Å²) in [7, 11) is 4.81. The second-order valence-electron chi connectivity index (χ2n) is 5.17. The van der Waals surface area contributed by atoms with Crippen LogP contribution in [0.4, 0.5) is 0 Å². The van der Waals surface area contributed by atoms with Crippen LogP contribution in [-0.2, 0) is 4.79 Å². The standard InChI is InChI=1S/C16H18N2O3/c1-17(2)15(20)10-18(3)16(21)13-8-11-6-4-5-7-12(11)9-14(13)19/h4-9,19H,10H2,1-3H3. The van der Waals surface area contributed by atoms with Gasteiger partial charge in [-0.1, -0.05) is 24.3 Å². The van der Waals surface area contributed by atoms with Gasteiger partial charge in [-0.2, -0.15) is 0 Å². The molecule has 2 aromatic rings. The molecule has 0 aliphatic rings. The maximum Gasteiger partial charge on any atom is 0.257 e. The molecule has 0 aliphatic carbocycles. The van der Waals surface area contributed by atoms with Crippen LogP contribution in [0.25, 0.3) is 10.8 Å². The van der Waals surface area contributed by atoms with Gasteiger partial charge in [0.1, 0.15) is 5.75 Å². The van der Waals surface area contributed by atoms with Crippen molar-refractivity contribution in [2.75, 3.05) is 27.7 Å². The minimum absolute atomic E-state index is 0.0297. The molecule has 0 saturated carbocycles. The van der Waals surface area contributed by atoms with E-state index >= 15 is 0 Å². The van der Waals surface area contributed by atoms with Crippen LogP contribution in [-0.4, -0.2) is 54.4 Å². The highest BCUT2D eigenvalue weighted by Crippen LogP contribution is 2.25. The second kappa shape index (κ2) is 5.83. The molecule has 0 saturated heterocycles. The summed E-state index contributed by atoms with van der Waals surface area (Å²) < 4.78 is 0. The second-order valence-corrected chi connectivity index (χ2v) is 5.17. The lowest BCUT2D eigenvalue weighted by atomic mass is 10.1. The lowest BCUT2D eigenvalue weighted by molar-refractivity contribution is -0.129. The molecule has 5 heteroatoms. The molecule has 1 N–H and O–H groups in total. The number of fused-ring (bicyclic) bond motifs is 1. The number of phenols is 1. The lowest BCUT2D eigenvalue weighted by Gasteiger charge is -2.20. The highest BCUT2D eigenvalue weighted by atomic mass is 16.3. The Morgan fingerprint density at radius 3 is 2.19 bits per heavy atom. The van der Waals surface area contributed by atoms with Crippen molar-refractivity contribution in [3.05, 3.63) is 42.0 Å². The predicted molar refractivity (Wildman–Crippen MR) is 81.3 cm³/mol. The maximum atomic E-state index is 12.4. The number of carbonyl (C=O) groups is 2. The van der Waals surface area contributed by atoms with Crippen LogP contribution in [0.3, 0.4) is 0 Å². The van der Waals surface area contributed by atoms with Gasteiger partial charge in [-0.25, -0.2) is 0 Å². The summed E-state index contributed by atoms with van der Waals surface area (Å²) >= 11 is 0. The van der Waals surface area contributed by atoms with Crippen LogP contribution < -0.4 is 0 Å². The number of amides is 2. The average molecular weight is 286 g/mol. The molecule has 2 aromatic carbocycles. The van der Waals surface area contributed by atoms with E-state index in [1.165, 1.54) is 9.80 Å². The van der Waals surface area contributed by atoms with E-state index in [0.29, 0.717) is 0 Å². The van der Waals surface area contributed by atoms with Gasteiger partial charge in [0.15, 0.2) is 0 Å². The smallest absolute Gasteiger partial charge is 0.257 e. The fourth-order valence-corrected chi connectivity index (χ4v) is 2.02. The van der Waals surface area contributed by atoms with Gasteiger partial charge in [-0.3, -0.25) is 9.59 Å². The average Bonchev–Trinajstić information content (AvgIpc) is 2.45. The Balaban J connectivity index is 2.30. The van der Waals surface area contributed by atoms with E-state index in [1.54, 1.807) is 33.3 Å². The van der Waals surface area contributed by atoms with Crippen LogP contribution in [0.5, 0.6) is 5.75 Å². The third-order valence-electron chi connectivity index (χ3n) is 3.31. The fourth-order valence-electron chi connectivity index (χ4n) is 2.02. The van der Waals surface area contributed by atoms with Crippen LogP contribution in [0, 0.1) is 0 Å². The first-order chi connectivity index (χ1) is 9.90. The first-order valence-electron chi connectivity index (χ1n) is 6.57. The summed E-state index contributed by atoms with van der Waals surface area (Å²) in [5.74, 6) is -0.637. The van der Waals surface area contributed by atoms with Crippen molar-refractivity contribution >= 4 is 22.6 Å². The van der Waals surface area contributed by atoms with Crippen LogP contribution >= 0.6 is 0 Å². The van der Waals surface area contributed by atoms with Gasteiger partial charge >= 0.3 is 0 Å². The van der Waals surface area contributed by atoms with Crippen molar-refractivity contribution < 1.29 is 14.7 Å². The van der Waals surface area contributed by atoms with E-state index < -0.39 is 0 Å². The van der Waals surface area contributed by atoms with Crippen LogP contribution in [0.2, 0.25) is 0 Å². The molecular formula is C16H18N2O3. The molecule has 5 nitrogen and oxygen atoms in total. The van der Waals surface area contributed by atoms with Crippen molar-refractivity contribution in [1.29, 1.82) is 0 Å². The maximum absolute atomic E-state index is 12.4. The van der Waals surface area contributed by atoms with E-state index in [2.05, 4.69) is 0 Å². The summed E-state index contributed by atoms with van der Waals surface area (Å²) in [6, 6.07) is 10.7. The molecule has 0 aromatic heterocycles. The molecule has 0 unspecified atom stereocenters. The van der Waals surface area contributed by atoms with E-state index in [1.807, 2.05) is 24.3 Å². The summed E-state index contributed by atoms with van der Waals surface area (Å²) in [6.45, 7) is -0.0297. The van der Waals surface area contributed by atoms with Gasteiger partial charge in [0.25, 0.3) is 5.91 Å². The number of hydrogen-bond donors (Lipinski definition) is 1. The number of aromatic hydroxyl groups is 1. The molecule has 0 atom stereocenters. The number of carbonyl (C=O) groups excluding carboxylic acids is 2. The minimum atomic E-state index is -0.381. The molecule has 0 aliphatic heterocycles. The third kappa shape index (κ3) is 3.13. The largest absolute Gasteiger partial charge is 0.507 e. The molecule has 110 valence electrons. The van der Waals surface area contributed by atoms with E-state index in [4.69, 9.17) is 0 Å². The normalized spacial score (nSPS) is 10.4. The van der Waals surface area contributed by atoms with Gasteiger partial charge in [0, 0.05) is 21.1 Å². The SMILES string of the molecule is CN(C)C(=O)CN(C)C(=O)c1cc2ccccc2cc1O. The summed E-state index contributed by atoms with van der Waals surface area (Å²) in [5.41, 5.74) is 0.197. The molecule has 2 amide bonds. The number of nitrogens with zero attached hydrogens (tertiary/aromatic N) is 2. The topological polar surface area (TPSA) is 60.9 Å². The monoisotopic (exact) mass is 286 g/mol. The van der Waals surface area contributed by atoms with Gasteiger partial charge in [0.05, 0.1) is 12.1 Å². The molecule has 0 heterocycles. The van der Waals surface area contributed by atoms with E-state index in [-0.39, 0.29) is 29.7 Å². The van der Waals surface area contributed by atoms with Crippen LogP contribution in [0.15, 0.2) is 36.4 Å². The van der Waals surface area contributed by atoms with Crippen molar-refractivity contribution in [1.82, 2.24) is 9.80 Å². The summed E-state index contributed by atoms with van der Waals surface area (Å²) in [5, 5.41) is 11.8. The first-order valence-corrected chi connectivity index (χ1v) is 6.57. The Morgan fingerprint density at radius 1 is 1.05 bits per heavy atom. The van der Waals surface area contributed by atoms with Gasteiger partial charge in [0.2, 0.25) is 5.91 Å². The molecule has 0 bridgehead atoms. The lowest BCUT2D eigenvalue weighted by Crippen LogP contribution is -2.37. The molecule has 0 spiro atoms. The Labute approximate surface area is 123 Å². The minimum Gasteiger partial charge on any atom is -0.507 e. The number of hydrogen-bond acceptors (Lipinski definition) is 3. The predicted octanol–water partition coefficient (Wildman–Crippen LogP) is 1.71. The quantitative estimate of drug-likeness (QED) is 0.934. The van der Waals surface area contributed by atoms with E-state index in [9.17, 15) is 14.7 Å². The van der Waals surface area contributed by atoms with E-state index in [0.717, 1.165) is 10.8 Å². The zero-order chi connectivity index (χ0) is 15.6. The van der Waals surface area contributed by atoms with Crippen molar-refractivity contribution in [2.24, 2.45) is 0 Å². The molecule has 21 heavy (non-hydrogen) atoms. The zero-order valence-electron chi connectivity index (χ0n) is 12.3. The Hall–Kier alpha value is -2.56. The Kier molecular flexibility index (Phi) is 4.12. The highest BCUT2D eigenvalue weighted by molar-refractivity contribution is 6.02. The Bertz CT molecular complexity index is 695. The number of rotatable bonds is 3. The number of benzene rings is 2. The third-order valence-corrected chi connectivity index (χ3v) is 3.31. The summed E-state index contributed by atoms with van der Waals surface area (Å²) in [6.07, 6.45) is 0. The summed E-state index contributed by atoms with van der Waals surface area (Å²) in [4.78, 5) is 26.7. The van der Waals surface area contributed by atoms with Crippen molar-refractivity contribution in [3.8, 4) is 5.75 Å². The Morgan fingerprint density at radius 2 is 1.62 bits per heavy atom. The molecule has 0 fully saturated rings. The molecule has 0 radical (unpaired) electrons. The van der Waals surface area contributed by atoms with Crippen molar-refractivity contribution in [2.45, 2.75) is 0 Å². The van der Waals surface area contributed by atoms with Crippen LogP contribution in [0.1, 0.15) is 10.4 Å². The van der Waals surface area contributed by atoms with Gasteiger partial charge in [-0.05, 0) is 22.9 Å². The number of phenolic OH excluding ortho intramolecular Hbond substituents is 1. The van der Waals surface area contributed by atoms with Gasteiger partial charge < -0.3 is 14.9 Å². The molecular weight excluding hydrogens is 268 g/mol. The van der Waals surface area contributed by atoms with Crippen molar-refractivity contribution in [3.63, 3.8) is 0 Å². The van der Waals surface area contributed by atoms with Gasteiger partial charge in [-0.15, -0.1) is 0 Å². The first kappa shape index (κ1) is 14.8.